The summed E-state index contributed by atoms with van der Waals surface area (Å²) in [5.41, 5.74) is 0.993. The third-order valence-corrected chi connectivity index (χ3v) is 2.38. The largest absolute Gasteiger partial charge is 0.364 e. The molecule has 1 saturated heterocycles. The molecule has 1 aromatic rings. The molecule has 1 aliphatic rings. The summed E-state index contributed by atoms with van der Waals surface area (Å²) >= 11 is 3.24. The van der Waals surface area contributed by atoms with Crippen LogP contribution in [0.25, 0.3) is 0 Å². The number of halogens is 2. The van der Waals surface area contributed by atoms with Crippen LogP contribution in [-0.2, 0) is 0 Å². The van der Waals surface area contributed by atoms with Crippen LogP contribution in [0.2, 0.25) is 0 Å². The maximum Gasteiger partial charge on any atom is 0.135 e. The molecule has 2 nitrogen and oxygen atoms in total. The fourth-order valence-corrected chi connectivity index (χ4v) is 1.43. The molecule has 1 fully saturated rings. The molecule has 0 radical (unpaired) electrons. The minimum atomic E-state index is -0.659. The van der Waals surface area contributed by atoms with Crippen molar-refractivity contribution in [2.24, 2.45) is 0 Å². The van der Waals surface area contributed by atoms with E-state index in [0.717, 1.165) is 10.3 Å². The van der Waals surface area contributed by atoms with Crippen LogP contribution in [0, 0.1) is 0 Å². The summed E-state index contributed by atoms with van der Waals surface area (Å²) in [5.74, 6) is 0. The molecule has 0 amide bonds. The quantitative estimate of drug-likeness (QED) is 0.687. The number of pyridine rings is 1. The zero-order valence-corrected chi connectivity index (χ0v) is 7.96. The second-order valence-electron chi connectivity index (χ2n) is 2.84. The van der Waals surface area contributed by atoms with Gasteiger partial charge in [0.2, 0.25) is 0 Å². The second-order valence-corrected chi connectivity index (χ2v) is 3.65. The number of anilines is 1. The Balaban J connectivity index is 2.09. The van der Waals surface area contributed by atoms with Crippen molar-refractivity contribution in [3.05, 3.63) is 22.9 Å². The van der Waals surface area contributed by atoms with Crippen molar-refractivity contribution in [1.82, 2.24) is 4.98 Å². The molecule has 4 heteroatoms. The highest BCUT2D eigenvalue weighted by Crippen LogP contribution is 2.22. The molecule has 0 aliphatic carbocycles. The highest BCUT2D eigenvalue weighted by atomic mass is 79.9. The second kappa shape index (κ2) is 3.01. The van der Waals surface area contributed by atoms with Crippen molar-refractivity contribution in [2.75, 3.05) is 18.0 Å². The van der Waals surface area contributed by atoms with E-state index in [9.17, 15) is 4.39 Å². The first-order chi connectivity index (χ1) is 5.75. The third-order valence-electron chi connectivity index (χ3n) is 1.91. The molecule has 0 atom stereocenters. The fraction of sp³-hybridized carbons (Fsp3) is 0.375. The van der Waals surface area contributed by atoms with E-state index in [4.69, 9.17) is 0 Å². The van der Waals surface area contributed by atoms with E-state index in [0.29, 0.717) is 13.1 Å². The van der Waals surface area contributed by atoms with Crippen LogP contribution in [0.3, 0.4) is 0 Å². The minimum Gasteiger partial charge on any atom is -0.364 e. The molecular formula is C8H8BrFN2. The van der Waals surface area contributed by atoms with E-state index in [1.54, 1.807) is 6.20 Å². The Morgan fingerprint density at radius 1 is 1.50 bits per heavy atom. The topological polar surface area (TPSA) is 16.1 Å². The van der Waals surface area contributed by atoms with Crippen LogP contribution in [0.15, 0.2) is 22.9 Å². The molecule has 0 bridgehead atoms. The number of aromatic nitrogens is 1. The van der Waals surface area contributed by atoms with Gasteiger partial charge in [0, 0.05) is 0 Å². The Kier molecular flexibility index (Phi) is 2.00. The summed E-state index contributed by atoms with van der Waals surface area (Å²) in [6, 6.07) is 3.80. The molecule has 0 N–H and O–H groups in total. The molecule has 1 aromatic heterocycles. The molecule has 1 aliphatic heterocycles. The van der Waals surface area contributed by atoms with Gasteiger partial charge < -0.3 is 4.90 Å². The van der Waals surface area contributed by atoms with Crippen LogP contribution in [-0.4, -0.2) is 24.2 Å². The van der Waals surface area contributed by atoms with Crippen LogP contribution in [0.1, 0.15) is 0 Å². The Hall–Kier alpha value is -0.640. The van der Waals surface area contributed by atoms with Crippen molar-refractivity contribution in [2.45, 2.75) is 6.17 Å². The SMILES string of the molecule is FC1CN(c2ccc(Br)nc2)C1. The molecule has 0 spiro atoms. The number of hydrogen-bond donors (Lipinski definition) is 0. The first kappa shape index (κ1) is 7.98. The van der Waals surface area contributed by atoms with Gasteiger partial charge in [0.05, 0.1) is 25.0 Å². The molecule has 12 heavy (non-hydrogen) atoms. The Bertz CT molecular complexity index is 269. The van der Waals surface area contributed by atoms with E-state index in [-0.39, 0.29) is 0 Å². The predicted molar refractivity (Wildman–Crippen MR) is 49.0 cm³/mol. The number of hydrogen-bond acceptors (Lipinski definition) is 2. The molecule has 64 valence electrons. The predicted octanol–water partition coefficient (Wildman–Crippen LogP) is 2.00. The van der Waals surface area contributed by atoms with Crippen LogP contribution in [0.5, 0.6) is 0 Å². The van der Waals surface area contributed by atoms with Gasteiger partial charge in [-0.05, 0) is 28.1 Å². The summed E-state index contributed by atoms with van der Waals surface area (Å²) in [7, 11) is 0. The lowest BCUT2D eigenvalue weighted by Crippen LogP contribution is -2.48. The molecule has 2 heterocycles. The van der Waals surface area contributed by atoms with Crippen molar-refractivity contribution in [3.63, 3.8) is 0 Å². The average molecular weight is 231 g/mol. The number of alkyl halides is 1. The Morgan fingerprint density at radius 2 is 2.25 bits per heavy atom. The Morgan fingerprint density at radius 3 is 2.75 bits per heavy atom. The van der Waals surface area contributed by atoms with Gasteiger partial charge in [0.15, 0.2) is 0 Å². The lowest BCUT2D eigenvalue weighted by atomic mass is 10.2. The van der Waals surface area contributed by atoms with Gasteiger partial charge in [-0.15, -0.1) is 0 Å². The zero-order chi connectivity index (χ0) is 8.55. The first-order valence-corrected chi connectivity index (χ1v) is 4.55. The summed E-state index contributed by atoms with van der Waals surface area (Å²) in [6.07, 6.45) is 1.09. The van der Waals surface area contributed by atoms with E-state index in [2.05, 4.69) is 20.9 Å². The van der Waals surface area contributed by atoms with Gasteiger partial charge in [-0.2, -0.15) is 0 Å². The monoisotopic (exact) mass is 230 g/mol. The zero-order valence-electron chi connectivity index (χ0n) is 6.37. The molecule has 0 unspecified atom stereocenters. The summed E-state index contributed by atoms with van der Waals surface area (Å²) in [6.45, 7) is 1.01. The lowest BCUT2D eigenvalue weighted by Gasteiger charge is -2.36. The van der Waals surface area contributed by atoms with E-state index < -0.39 is 6.17 Å². The lowest BCUT2D eigenvalue weighted by molar-refractivity contribution is 0.274. The van der Waals surface area contributed by atoms with Gasteiger partial charge in [-0.1, -0.05) is 0 Å². The van der Waals surface area contributed by atoms with Crippen LogP contribution < -0.4 is 4.90 Å². The van der Waals surface area contributed by atoms with E-state index in [1.165, 1.54) is 0 Å². The highest BCUT2D eigenvalue weighted by Gasteiger charge is 2.26. The van der Waals surface area contributed by atoms with Gasteiger partial charge in [0.1, 0.15) is 10.8 Å². The van der Waals surface area contributed by atoms with Gasteiger partial charge in [0.25, 0.3) is 0 Å². The fourth-order valence-electron chi connectivity index (χ4n) is 1.19. The molecular weight excluding hydrogens is 223 g/mol. The number of nitrogens with zero attached hydrogens (tertiary/aromatic N) is 2. The summed E-state index contributed by atoms with van der Waals surface area (Å²) in [5, 5.41) is 0. The van der Waals surface area contributed by atoms with Gasteiger partial charge in [-0.3, -0.25) is 0 Å². The van der Waals surface area contributed by atoms with Gasteiger partial charge in [-0.25, -0.2) is 9.37 Å². The van der Waals surface area contributed by atoms with E-state index >= 15 is 0 Å². The smallest absolute Gasteiger partial charge is 0.135 e. The first-order valence-electron chi connectivity index (χ1n) is 3.76. The maximum atomic E-state index is 12.5. The van der Waals surface area contributed by atoms with Crippen LogP contribution >= 0.6 is 15.9 Å². The molecule has 2 rings (SSSR count). The third kappa shape index (κ3) is 1.43. The normalized spacial score (nSPS) is 17.7. The van der Waals surface area contributed by atoms with Crippen molar-refractivity contribution in [1.29, 1.82) is 0 Å². The van der Waals surface area contributed by atoms with Crippen molar-refractivity contribution >= 4 is 21.6 Å². The number of rotatable bonds is 1. The standard InChI is InChI=1S/C8H8BrFN2/c9-8-2-1-7(3-11-8)12-4-6(10)5-12/h1-3,6H,4-5H2. The molecule has 0 saturated carbocycles. The average Bonchev–Trinajstić information content (AvgIpc) is 2.01. The van der Waals surface area contributed by atoms with Crippen molar-refractivity contribution < 1.29 is 4.39 Å². The summed E-state index contributed by atoms with van der Waals surface area (Å²) < 4.78 is 13.3. The maximum absolute atomic E-state index is 12.5. The molecule has 0 aromatic carbocycles. The Labute approximate surface area is 78.5 Å². The van der Waals surface area contributed by atoms with Crippen molar-refractivity contribution in [3.8, 4) is 0 Å². The van der Waals surface area contributed by atoms with Crippen LogP contribution in [0.4, 0.5) is 10.1 Å². The summed E-state index contributed by atoms with van der Waals surface area (Å²) in [4.78, 5) is 6.02. The minimum absolute atomic E-state index is 0.503. The van der Waals surface area contributed by atoms with Gasteiger partial charge >= 0.3 is 0 Å². The van der Waals surface area contributed by atoms with E-state index in [1.807, 2.05) is 17.0 Å². The highest BCUT2D eigenvalue weighted by molar-refractivity contribution is 9.10.